The van der Waals surface area contributed by atoms with Crippen LogP contribution in [-0.2, 0) is 26.0 Å². The molecule has 0 bridgehead atoms. The van der Waals surface area contributed by atoms with Crippen LogP contribution in [0, 0.1) is 12.7 Å². The smallest absolute Gasteiger partial charge is 0.245 e. The molecule has 0 aromatic heterocycles. The number of rotatable bonds is 5. The Bertz CT molecular complexity index is 940. The van der Waals surface area contributed by atoms with Crippen LogP contribution < -0.4 is 5.32 Å². The number of sulfonamides is 1. The van der Waals surface area contributed by atoms with Gasteiger partial charge in [-0.2, -0.15) is 4.31 Å². The van der Waals surface area contributed by atoms with Gasteiger partial charge in [0.05, 0.1) is 25.3 Å². The van der Waals surface area contributed by atoms with Crippen LogP contribution in [0.2, 0.25) is 0 Å². The van der Waals surface area contributed by atoms with Crippen LogP contribution in [0.15, 0.2) is 47.4 Å². The van der Waals surface area contributed by atoms with E-state index in [9.17, 15) is 17.6 Å². The average Bonchev–Trinajstić information content (AvgIpc) is 2.64. The van der Waals surface area contributed by atoms with E-state index in [4.69, 9.17) is 4.74 Å². The summed E-state index contributed by atoms with van der Waals surface area (Å²) < 4.78 is 45.9. The van der Waals surface area contributed by atoms with Gasteiger partial charge in [0, 0.05) is 13.1 Å². The summed E-state index contributed by atoms with van der Waals surface area (Å²) in [5.74, 6) is -0.839. The number of aryl methyl sites for hydroxylation is 1. The number of anilines is 1. The van der Waals surface area contributed by atoms with Gasteiger partial charge in [0.15, 0.2) is 0 Å². The number of halogens is 1. The number of ether oxygens (including phenoxy) is 1. The van der Waals surface area contributed by atoms with E-state index in [2.05, 4.69) is 5.32 Å². The fourth-order valence-corrected chi connectivity index (χ4v) is 4.54. The first-order valence-corrected chi connectivity index (χ1v) is 10.0. The van der Waals surface area contributed by atoms with Gasteiger partial charge in [-0.05, 0) is 42.3 Å². The van der Waals surface area contributed by atoms with Crippen molar-refractivity contribution in [2.24, 2.45) is 0 Å². The van der Waals surface area contributed by atoms with Crippen LogP contribution in [-0.4, -0.2) is 44.9 Å². The second kappa shape index (κ2) is 8.16. The van der Waals surface area contributed by atoms with Gasteiger partial charge in [0.25, 0.3) is 0 Å². The normalized spacial score (nSPS) is 15.5. The number of amides is 1. The SMILES string of the molecule is Cc1ccc(NC(=O)Cc2cccc(F)c2)c(S(=O)(=O)N2CCOCC2)c1. The number of hydrogen-bond donors (Lipinski definition) is 1. The Balaban J connectivity index is 1.84. The monoisotopic (exact) mass is 392 g/mol. The van der Waals surface area contributed by atoms with Crippen molar-refractivity contribution >= 4 is 21.6 Å². The molecule has 0 spiro atoms. The Morgan fingerprint density at radius 3 is 2.63 bits per heavy atom. The van der Waals surface area contributed by atoms with Crippen molar-refractivity contribution in [3.63, 3.8) is 0 Å². The summed E-state index contributed by atoms with van der Waals surface area (Å²) in [6.45, 7) is 3.01. The Labute approximate surface area is 158 Å². The molecule has 1 amide bonds. The molecule has 144 valence electrons. The molecule has 1 aliphatic heterocycles. The second-order valence-electron chi connectivity index (χ2n) is 6.37. The molecule has 2 aromatic carbocycles. The van der Waals surface area contributed by atoms with Crippen LogP contribution in [0.5, 0.6) is 0 Å². The molecule has 0 atom stereocenters. The number of nitrogens with zero attached hydrogens (tertiary/aromatic N) is 1. The standard InChI is InChI=1S/C19H21FN2O4S/c1-14-5-6-17(21-19(23)13-15-3-2-4-16(20)12-15)18(11-14)27(24,25)22-7-9-26-10-8-22/h2-6,11-12H,7-10,13H2,1H3,(H,21,23). The highest BCUT2D eigenvalue weighted by atomic mass is 32.2. The summed E-state index contributed by atoms with van der Waals surface area (Å²) in [4.78, 5) is 12.4. The Kier molecular flexibility index (Phi) is 5.88. The van der Waals surface area contributed by atoms with E-state index in [1.807, 2.05) is 0 Å². The number of morpholine rings is 1. The summed E-state index contributed by atoms with van der Waals surface area (Å²) in [6.07, 6.45) is -0.0529. The molecule has 1 aliphatic rings. The third-order valence-electron chi connectivity index (χ3n) is 4.25. The maximum Gasteiger partial charge on any atom is 0.245 e. The van der Waals surface area contributed by atoms with Crippen molar-refractivity contribution in [1.29, 1.82) is 0 Å². The third-order valence-corrected chi connectivity index (χ3v) is 6.19. The molecule has 0 aliphatic carbocycles. The van der Waals surface area contributed by atoms with E-state index >= 15 is 0 Å². The molecule has 27 heavy (non-hydrogen) atoms. The van der Waals surface area contributed by atoms with Crippen molar-refractivity contribution in [2.75, 3.05) is 31.6 Å². The topological polar surface area (TPSA) is 75.7 Å². The minimum absolute atomic E-state index is 0.0528. The molecule has 6 nitrogen and oxygen atoms in total. The lowest BCUT2D eigenvalue weighted by atomic mass is 10.1. The maximum atomic E-state index is 13.3. The highest BCUT2D eigenvalue weighted by Gasteiger charge is 2.29. The fourth-order valence-electron chi connectivity index (χ4n) is 2.90. The zero-order chi connectivity index (χ0) is 19.4. The summed E-state index contributed by atoms with van der Waals surface area (Å²) in [5, 5.41) is 2.65. The van der Waals surface area contributed by atoms with Crippen LogP contribution in [0.25, 0.3) is 0 Å². The summed E-state index contributed by atoms with van der Waals surface area (Å²) in [7, 11) is -3.76. The van der Waals surface area contributed by atoms with E-state index in [1.54, 1.807) is 31.2 Å². The first-order chi connectivity index (χ1) is 12.9. The van der Waals surface area contributed by atoms with Crippen molar-refractivity contribution in [3.05, 3.63) is 59.4 Å². The summed E-state index contributed by atoms with van der Waals surface area (Å²) in [6, 6.07) is 10.6. The molecular formula is C19H21FN2O4S. The minimum atomic E-state index is -3.76. The van der Waals surface area contributed by atoms with Crippen LogP contribution >= 0.6 is 0 Å². The lowest BCUT2D eigenvalue weighted by Gasteiger charge is -2.27. The van der Waals surface area contributed by atoms with Gasteiger partial charge < -0.3 is 10.1 Å². The van der Waals surface area contributed by atoms with Crippen LogP contribution in [0.3, 0.4) is 0 Å². The lowest BCUT2D eigenvalue weighted by Crippen LogP contribution is -2.41. The molecule has 1 saturated heterocycles. The lowest BCUT2D eigenvalue weighted by molar-refractivity contribution is -0.115. The van der Waals surface area contributed by atoms with Gasteiger partial charge in [-0.25, -0.2) is 12.8 Å². The van der Waals surface area contributed by atoms with Gasteiger partial charge in [-0.1, -0.05) is 18.2 Å². The van der Waals surface area contributed by atoms with Gasteiger partial charge in [-0.15, -0.1) is 0 Å². The fraction of sp³-hybridized carbons (Fsp3) is 0.316. The predicted molar refractivity (Wildman–Crippen MR) is 99.5 cm³/mol. The molecule has 3 rings (SSSR count). The van der Waals surface area contributed by atoms with E-state index in [1.165, 1.54) is 22.5 Å². The van der Waals surface area contributed by atoms with Crippen LogP contribution in [0.4, 0.5) is 10.1 Å². The zero-order valence-corrected chi connectivity index (χ0v) is 15.8. The molecule has 8 heteroatoms. The van der Waals surface area contributed by atoms with E-state index < -0.39 is 21.7 Å². The van der Waals surface area contributed by atoms with E-state index in [-0.39, 0.29) is 30.1 Å². The summed E-state index contributed by atoms with van der Waals surface area (Å²) in [5.41, 5.74) is 1.50. The highest BCUT2D eigenvalue weighted by molar-refractivity contribution is 7.89. The average molecular weight is 392 g/mol. The van der Waals surface area contributed by atoms with Crippen molar-refractivity contribution < 1.29 is 22.3 Å². The van der Waals surface area contributed by atoms with Crippen molar-refractivity contribution in [3.8, 4) is 0 Å². The molecule has 1 fully saturated rings. The van der Waals surface area contributed by atoms with Crippen molar-refractivity contribution in [1.82, 2.24) is 4.31 Å². The molecule has 0 saturated carbocycles. The second-order valence-corrected chi connectivity index (χ2v) is 8.28. The molecule has 2 aromatic rings. The zero-order valence-electron chi connectivity index (χ0n) is 14.9. The number of carbonyl (C=O) groups is 1. The quantitative estimate of drug-likeness (QED) is 0.848. The number of benzene rings is 2. The van der Waals surface area contributed by atoms with Gasteiger partial charge in [-0.3, -0.25) is 4.79 Å². The molecule has 0 radical (unpaired) electrons. The van der Waals surface area contributed by atoms with Crippen molar-refractivity contribution in [2.45, 2.75) is 18.2 Å². The Hall–Kier alpha value is -2.29. The van der Waals surface area contributed by atoms with Gasteiger partial charge in [0.2, 0.25) is 15.9 Å². The van der Waals surface area contributed by atoms with Gasteiger partial charge in [0.1, 0.15) is 10.7 Å². The molecule has 1 heterocycles. The van der Waals surface area contributed by atoms with Crippen LogP contribution in [0.1, 0.15) is 11.1 Å². The highest BCUT2D eigenvalue weighted by Crippen LogP contribution is 2.27. The number of hydrogen-bond acceptors (Lipinski definition) is 4. The first-order valence-electron chi connectivity index (χ1n) is 8.59. The predicted octanol–water partition coefficient (Wildman–Crippen LogP) is 2.34. The summed E-state index contributed by atoms with van der Waals surface area (Å²) >= 11 is 0. The molecule has 0 unspecified atom stereocenters. The Morgan fingerprint density at radius 2 is 1.93 bits per heavy atom. The van der Waals surface area contributed by atoms with Gasteiger partial charge >= 0.3 is 0 Å². The largest absolute Gasteiger partial charge is 0.379 e. The molecular weight excluding hydrogens is 371 g/mol. The molecule has 1 N–H and O–H groups in total. The third kappa shape index (κ3) is 4.71. The number of nitrogens with one attached hydrogen (secondary N) is 1. The Morgan fingerprint density at radius 1 is 1.19 bits per heavy atom. The maximum absolute atomic E-state index is 13.3. The van der Waals surface area contributed by atoms with E-state index in [0.717, 1.165) is 5.56 Å². The number of carbonyl (C=O) groups excluding carboxylic acids is 1. The minimum Gasteiger partial charge on any atom is -0.379 e. The first kappa shape index (κ1) is 19.5. The van der Waals surface area contributed by atoms with E-state index in [0.29, 0.717) is 18.8 Å².